The highest BCUT2D eigenvalue weighted by atomic mass is 16.3. The van der Waals surface area contributed by atoms with Gasteiger partial charge in [-0.05, 0) is 30.5 Å². The first kappa shape index (κ1) is 16.0. The normalized spacial score (nSPS) is 24.9. The Morgan fingerprint density at radius 1 is 1.39 bits per heavy atom. The maximum Gasteiger partial charge on any atom is 0.223 e. The largest absolute Gasteiger partial charge is 0.396 e. The van der Waals surface area contributed by atoms with Crippen LogP contribution in [-0.4, -0.2) is 41.7 Å². The molecule has 1 aliphatic carbocycles. The van der Waals surface area contributed by atoms with E-state index < -0.39 is 0 Å². The van der Waals surface area contributed by atoms with Crippen molar-refractivity contribution in [1.29, 1.82) is 5.26 Å². The van der Waals surface area contributed by atoms with Crippen molar-refractivity contribution >= 4 is 5.91 Å². The van der Waals surface area contributed by atoms with Crippen LogP contribution in [0.25, 0.3) is 0 Å². The second-order valence-corrected chi connectivity index (χ2v) is 6.69. The Morgan fingerprint density at radius 3 is 2.87 bits per heavy atom. The van der Waals surface area contributed by atoms with Crippen molar-refractivity contribution in [2.45, 2.75) is 31.8 Å². The van der Waals surface area contributed by atoms with Crippen molar-refractivity contribution in [3.8, 4) is 6.07 Å². The average molecular weight is 313 g/mol. The van der Waals surface area contributed by atoms with Gasteiger partial charge in [0.15, 0.2) is 0 Å². The number of aliphatic hydroxyl groups excluding tert-OH is 1. The van der Waals surface area contributed by atoms with Crippen LogP contribution in [0.3, 0.4) is 0 Å². The van der Waals surface area contributed by atoms with E-state index in [1.165, 1.54) is 0 Å². The number of nitrogens with zero attached hydrogens (tertiary/aromatic N) is 2. The summed E-state index contributed by atoms with van der Waals surface area (Å²) in [4.78, 5) is 14.4. The van der Waals surface area contributed by atoms with Gasteiger partial charge in [-0.3, -0.25) is 9.69 Å². The van der Waals surface area contributed by atoms with Gasteiger partial charge in [0.05, 0.1) is 11.6 Å². The number of rotatable bonds is 5. The van der Waals surface area contributed by atoms with Crippen molar-refractivity contribution in [1.82, 2.24) is 10.2 Å². The van der Waals surface area contributed by atoms with Gasteiger partial charge in [0, 0.05) is 44.1 Å². The van der Waals surface area contributed by atoms with Crippen LogP contribution in [0.5, 0.6) is 0 Å². The van der Waals surface area contributed by atoms with Gasteiger partial charge in [-0.1, -0.05) is 18.6 Å². The third kappa shape index (κ3) is 3.72. The van der Waals surface area contributed by atoms with E-state index in [0.29, 0.717) is 5.56 Å². The second-order valence-electron chi connectivity index (χ2n) is 6.69. The minimum Gasteiger partial charge on any atom is -0.396 e. The molecule has 1 aromatic carbocycles. The third-order valence-corrected chi connectivity index (χ3v) is 5.02. The van der Waals surface area contributed by atoms with Gasteiger partial charge in [0.2, 0.25) is 5.91 Å². The quantitative estimate of drug-likeness (QED) is 0.858. The lowest BCUT2D eigenvalue weighted by Gasteiger charge is -2.27. The summed E-state index contributed by atoms with van der Waals surface area (Å²) < 4.78 is 0. The number of aliphatic hydroxyl groups is 1. The fourth-order valence-corrected chi connectivity index (χ4v) is 3.41. The molecule has 1 saturated heterocycles. The zero-order chi connectivity index (χ0) is 16.2. The zero-order valence-electron chi connectivity index (χ0n) is 13.2. The van der Waals surface area contributed by atoms with E-state index in [4.69, 9.17) is 5.26 Å². The van der Waals surface area contributed by atoms with Crippen LogP contribution in [0.1, 0.15) is 30.4 Å². The molecular weight excluding hydrogens is 290 g/mol. The molecule has 2 fully saturated rings. The second kappa shape index (κ2) is 7.12. The first-order valence-electron chi connectivity index (χ1n) is 8.32. The van der Waals surface area contributed by atoms with Crippen LogP contribution >= 0.6 is 0 Å². The number of hydrogen-bond donors (Lipinski definition) is 2. The van der Waals surface area contributed by atoms with Crippen LogP contribution in [-0.2, 0) is 11.3 Å². The van der Waals surface area contributed by atoms with E-state index >= 15 is 0 Å². The van der Waals surface area contributed by atoms with Crippen LogP contribution in [0.15, 0.2) is 24.3 Å². The molecule has 0 spiro atoms. The fourth-order valence-electron chi connectivity index (χ4n) is 3.41. The molecule has 2 aliphatic rings. The van der Waals surface area contributed by atoms with Gasteiger partial charge in [0.25, 0.3) is 0 Å². The van der Waals surface area contributed by atoms with Gasteiger partial charge in [-0.25, -0.2) is 0 Å². The standard InChI is InChI=1S/C18H23N3O2/c19-8-13-3-1-4-14(7-13)9-21-10-16(12-22)17(11-21)20-18(23)15-5-2-6-15/h1,3-4,7,15-17,22H,2,5-6,9-12H2,(H,20,23)/t16-,17+/m0/s1. The summed E-state index contributed by atoms with van der Waals surface area (Å²) in [7, 11) is 0. The highest BCUT2D eigenvalue weighted by Gasteiger charge is 2.35. The predicted molar refractivity (Wildman–Crippen MR) is 86.3 cm³/mol. The molecule has 5 nitrogen and oxygen atoms in total. The van der Waals surface area contributed by atoms with E-state index in [2.05, 4.69) is 16.3 Å². The Hall–Kier alpha value is -1.90. The Balaban J connectivity index is 1.59. The molecule has 1 amide bonds. The molecule has 1 aromatic rings. The first-order chi connectivity index (χ1) is 11.2. The Morgan fingerprint density at radius 2 is 2.22 bits per heavy atom. The van der Waals surface area contributed by atoms with Gasteiger partial charge in [0.1, 0.15) is 0 Å². The number of amides is 1. The third-order valence-electron chi connectivity index (χ3n) is 5.02. The maximum absolute atomic E-state index is 12.1. The number of likely N-dealkylation sites (tertiary alicyclic amines) is 1. The molecule has 1 saturated carbocycles. The summed E-state index contributed by atoms with van der Waals surface area (Å²) >= 11 is 0. The summed E-state index contributed by atoms with van der Waals surface area (Å²) in [5.74, 6) is 0.405. The van der Waals surface area contributed by atoms with Gasteiger partial charge in [-0.2, -0.15) is 5.26 Å². The molecular formula is C18H23N3O2. The molecule has 5 heteroatoms. The van der Waals surface area contributed by atoms with Crippen molar-refractivity contribution in [2.24, 2.45) is 11.8 Å². The van der Waals surface area contributed by atoms with Crippen molar-refractivity contribution in [2.75, 3.05) is 19.7 Å². The summed E-state index contributed by atoms with van der Waals surface area (Å²) in [6.45, 7) is 2.34. The molecule has 2 N–H and O–H groups in total. The Bertz CT molecular complexity index is 607. The number of hydrogen-bond acceptors (Lipinski definition) is 4. The number of nitriles is 1. The van der Waals surface area contributed by atoms with E-state index in [1.54, 1.807) is 6.07 Å². The van der Waals surface area contributed by atoms with Crippen molar-refractivity contribution in [3.05, 3.63) is 35.4 Å². The van der Waals surface area contributed by atoms with Crippen molar-refractivity contribution < 1.29 is 9.90 Å². The zero-order valence-corrected chi connectivity index (χ0v) is 13.2. The predicted octanol–water partition coefficient (Wildman–Crippen LogP) is 1.27. The highest BCUT2D eigenvalue weighted by molar-refractivity contribution is 5.79. The molecule has 122 valence electrons. The van der Waals surface area contributed by atoms with E-state index in [0.717, 1.165) is 44.5 Å². The smallest absolute Gasteiger partial charge is 0.223 e. The molecule has 1 aliphatic heterocycles. The van der Waals surface area contributed by atoms with Crippen molar-refractivity contribution in [3.63, 3.8) is 0 Å². The molecule has 0 unspecified atom stereocenters. The number of benzene rings is 1. The minimum atomic E-state index is 0.0206. The summed E-state index contributed by atoms with van der Waals surface area (Å²) in [5, 5.41) is 21.7. The lowest BCUT2D eigenvalue weighted by Crippen LogP contribution is -2.45. The minimum absolute atomic E-state index is 0.0206. The Kier molecular flexibility index (Phi) is 4.94. The maximum atomic E-state index is 12.1. The van der Waals surface area contributed by atoms with Gasteiger partial charge < -0.3 is 10.4 Å². The van der Waals surface area contributed by atoms with Crippen LogP contribution in [0.2, 0.25) is 0 Å². The summed E-state index contributed by atoms with van der Waals surface area (Å²) in [6, 6.07) is 9.77. The van der Waals surface area contributed by atoms with Crippen LogP contribution in [0.4, 0.5) is 0 Å². The number of carbonyl (C=O) groups excluding carboxylic acids is 1. The molecule has 3 rings (SSSR count). The molecule has 23 heavy (non-hydrogen) atoms. The fraction of sp³-hybridized carbons (Fsp3) is 0.556. The molecule has 0 aromatic heterocycles. The summed E-state index contributed by atoms with van der Waals surface area (Å²) in [6.07, 6.45) is 3.13. The first-order valence-corrected chi connectivity index (χ1v) is 8.32. The summed E-state index contributed by atoms with van der Waals surface area (Å²) in [5.41, 5.74) is 1.75. The topological polar surface area (TPSA) is 76.4 Å². The Labute approximate surface area is 136 Å². The number of carbonyl (C=O) groups is 1. The van der Waals surface area contributed by atoms with E-state index in [-0.39, 0.29) is 30.4 Å². The van der Waals surface area contributed by atoms with Crippen LogP contribution in [0, 0.1) is 23.2 Å². The highest BCUT2D eigenvalue weighted by Crippen LogP contribution is 2.27. The average Bonchev–Trinajstić information content (AvgIpc) is 2.87. The van der Waals surface area contributed by atoms with E-state index in [9.17, 15) is 9.90 Å². The number of nitrogens with one attached hydrogen (secondary N) is 1. The molecule has 0 radical (unpaired) electrons. The molecule has 0 bridgehead atoms. The van der Waals surface area contributed by atoms with E-state index in [1.807, 2.05) is 18.2 Å². The lowest BCUT2D eigenvalue weighted by molar-refractivity contribution is -0.128. The van der Waals surface area contributed by atoms with Crippen LogP contribution < -0.4 is 5.32 Å². The monoisotopic (exact) mass is 313 g/mol. The lowest BCUT2D eigenvalue weighted by atomic mass is 9.84. The molecule has 2 atom stereocenters. The molecule has 1 heterocycles. The van der Waals surface area contributed by atoms with Gasteiger partial charge >= 0.3 is 0 Å². The van der Waals surface area contributed by atoms with Gasteiger partial charge in [-0.15, -0.1) is 0 Å². The SMILES string of the molecule is N#Cc1cccc(CN2C[C@@H](CO)[C@H](NC(=O)C3CCC3)C2)c1.